The van der Waals surface area contributed by atoms with Crippen LogP contribution in [0.15, 0.2) is 18.3 Å². The Morgan fingerprint density at radius 1 is 1.37 bits per heavy atom. The highest BCUT2D eigenvalue weighted by Crippen LogP contribution is 2.21. The lowest BCUT2D eigenvalue weighted by Crippen LogP contribution is -2.35. The molecule has 2 rings (SSSR count). The van der Waals surface area contributed by atoms with Crippen LogP contribution in [0.4, 0.5) is 5.82 Å². The van der Waals surface area contributed by atoms with Crippen LogP contribution >= 0.6 is 0 Å². The maximum atomic E-state index is 9.15. The number of pyridine rings is 1. The fourth-order valence-electron chi connectivity index (χ4n) is 2.46. The van der Waals surface area contributed by atoms with Crippen LogP contribution in [0, 0.1) is 5.92 Å². The predicted octanol–water partition coefficient (Wildman–Crippen LogP) is 1.79. The van der Waals surface area contributed by atoms with Crippen molar-refractivity contribution in [2.75, 3.05) is 31.1 Å². The van der Waals surface area contributed by atoms with Crippen LogP contribution in [-0.4, -0.2) is 36.3 Å². The van der Waals surface area contributed by atoms with Crippen molar-refractivity contribution < 1.29 is 5.11 Å². The van der Waals surface area contributed by atoms with Gasteiger partial charge in [-0.15, -0.1) is 0 Å². The van der Waals surface area contributed by atoms with Gasteiger partial charge in [0.05, 0.1) is 0 Å². The van der Waals surface area contributed by atoms with Crippen LogP contribution in [0.1, 0.15) is 31.7 Å². The van der Waals surface area contributed by atoms with E-state index in [0.29, 0.717) is 12.5 Å². The Balaban J connectivity index is 1.84. The Labute approximate surface area is 115 Å². The minimum Gasteiger partial charge on any atom is -0.396 e. The van der Waals surface area contributed by atoms with Crippen molar-refractivity contribution in [3.8, 4) is 0 Å². The summed E-state index contributed by atoms with van der Waals surface area (Å²) in [5.41, 5.74) is 1.24. The monoisotopic (exact) mass is 263 g/mol. The van der Waals surface area contributed by atoms with E-state index < -0.39 is 0 Å². The van der Waals surface area contributed by atoms with E-state index >= 15 is 0 Å². The summed E-state index contributed by atoms with van der Waals surface area (Å²) < 4.78 is 0. The number of piperidine rings is 1. The molecule has 0 unspecified atom stereocenters. The highest BCUT2D eigenvalue weighted by molar-refractivity contribution is 5.39. The van der Waals surface area contributed by atoms with Crippen LogP contribution in [0.25, 0.3) is 0 Å². The van der Waals surface area contributed by atoms with E-state index in [0.717, 1.165) is 51.3 Å². The number of aromatic nitrogens is 1. The summed E-state index contributed by atoms with van der Waals surface area (Å²) in [7, 11) is 0. The highest BCUT2D eigenvalue weighted by Gasteiger charge is 2.19. The molecule has 1 aromatic heterocycles. The average molecular weight is 263 g/mol. The van der Waals surface area contributed by atoms with Crippen LogP contribution < -0.4 is 10.2 Å². The Kier molecular flexibility index (Phi) is 5.61. The summed E-state index contributed by atoms with van der Waals surface area (Å²) in [6.45, 7) is 6.45. The van der Waals surface area contributed by atoms with E-state index in [1.165, 1.54) is 5.56 Å². The third-order valence-corrected chi connectivity index (χ3v) is 3.76. The van der Waals surface area contributed by atoms with Crippen LogP contribution in [-0.2, 0) is 6.54 Å². The zero-order valence-electron chi connectivity index (χ0n) is 11.8. The van der Waals surface area contributed by atoms with Gasteiger partial charge in [-0.2, -0.15) is 0 Å². The molecule has 1 aliphatic rings. The number of hydrogen-bond acceptors (Lipinski definition) is 4. The molecular formula is C15H25N3O. The second kappa shape index (κ2) is 7.46. The molecule has 1 aliphatic heterocycles. The normalized spacial score (nSPS) is 16.8. The number of anilines is 1. The topological polar surface area (TPSA) is 48.4 Å². The van der Waals surface area contributed by atoms with Gasteiger partial charge >= 0.3 is 0 Å². The number of hydrogen-bond donors (Lipinski definition) is 2. The molecule has 0 saturated carbocycles. The maximum absolute atomic E-state index is 9.15. The predicted molar refractivity (Wildman–Crippen MR) is 78.3 cm³/mol. The Morgan fingerprint density at radius 3 is 2.74 bits per heavy atom. The molecule has 2 heterocycles. The summed E-state index contributed by atoms with van der Waals surface area (Å²) >= 11 is 0. The lowest BCUT2D eigenvalue weighted by molar-refractivity contribution is 0.203. The van der Waals surface area contributed by atoms with E-state index in [-0.39, 0.29) is 0 Å². The Bertz CT molecular complexity index is 358. The summed E-state index contributed by atoms with van der Waals surface area (Å²) in [5, 5.41) is 12.5. The van der Waals surface area contributed by atoms with Gasteiger partial charge in [-0.1, -0.05) is 13.0 Å². The van der Waals surface area contributed by atoms with Crippen molar-refractivity contribution in [1.29, 1.82) is 0 Å². The van der Waals surface area contributed by atoms with Gasteiger partial charge in [0, 0.05) is 32.4 Å². The number of aliphatic hydroxyl groups excluding tert-OH is 1. The molecule has 106 valence electrons. The van der Waals surface area contributed by atoms with E-state index in [1.807, 2.05) is 6.20 Å². The number of nitrogens with one attached hydrogen (secondary N) is 1. The molecule has 0 bridgehead atoms. The second-order valence-electron chi connectivity index (χ2n) is 5.31. The zero-order valence-corrected chi connectivity index (χ0v) is 11.8. The van der Waals surface area contributed by atoms with Crippen molar-refractivity contribution in [1.82, 2.24) is 10.3 Å². The van der Waals surface area contributed by atoms with Crippen molar-refractivity contribution in [3.05, 3.63) is 23.9 Å². The third kappa shape index (κ3) is 4.18. The first kappa shape index (κ1) is 14.3. The molecule has 19 heavy (non-hydrogen) atoms. The largest absolute Gasteiger partial charge is 0.396 e. The van der Waals surface area contributed by atoms with Crippen molar-refractivity contribution >= 4 is 5.82 Å². The van der Waals surface area contributed by atoms with Gasteiger partial charge in [0.25, 0.3) is 0 Å². The van der Waals surface area contributed by atoms with Gasteiger partial charge in [0.2, 0.25) is 0 Å². The Morgan fingerprint density at radius 2 is 2.16 bits per heavy atom. The quantitative estimate of drug-likeness (QED) is 0.768. The third-order valence-electron chi connectivity index (χ3n) is 3.76. The lowest BCUT2D eigenvalue weighted by Gasteiger charge is -2.32. The van der Waals surface area contributed by atoms with E-state index in [9.17, 15) is 0 Å². The number of aliphatic hydroxyl groups is 1. The van der Waals surface area contributed by atoms with Crippen LogP contribution in [0.2, 0.25) is 0 Å². The second-order valence-corrected chi connectivity index (χ2v) is 5.31. The lowest BCUT2D eigenvalue weighted by atomic mass is 9.98. The van der Waals surface area contributed by atoms with Crippen LogP contribution in [0.5, 0.6) is 0 Å². The summed E-state index contributed by atoms with van der Waals surface area (Å²) in [6, 6.07) is 4.27. The fraction of sp³-hybridized carbons (Fsp3) is 0.667. The molecule has 4 heteroatoms. The van der Waals surface area contributed by atoms with Gasteiger partial charge in [-0.25, -0.2) is 4.98 Å². The van der Waals surface area contributed by atoms with Crippen molar-refractivity contribution in [2.45, 2.75) is 32.7 Å². The molecule has 0 atom stereocenters. The molecule has 1 saturated heterocycles. The standard InChI is InChI=1S/C15H25N3O/c1-2-7-16-10-14-3-4-15(17-11-14)18-8-5-13(12-19)6-9-18/h3-4,11,13,16,19H,2,5-10,12H2,1H3. The maximum Gasteiger partial charge on any atom is 0.128 e. The molecule has 1 fully saturated rings. The molecule has 0 radical (unpaired) electrons. The summed E-state index contributed by atoms with van der Waals surface area (Å²) in [4.78, 5) is 6.87. The van der Waals surface area contributed by atoms with Gasteiger partial charge in [0.15, 0.2) is 0 Å². The first-order chi connectivity index (χ1) is 9.33. The van der Waals surface area contributed by atoms with Crippen LogP contribution in [0.3, 0.4) is 0 Å². The van der Waals surface area contributed by atoms with Gasteiger partial charge in [0.1, 0.15) is 5.82 Å². The van der Waals surface area contributed by atoms with E-state index in [1.54, 1.807) is 0 Å². The smallest absolute Gasteiger partial charge is 0.128 e. The molecular weight excluding hydrogens is 238 g/mol. The number of rotatable bonds is 6. The fourth-order valence-corrected chi connectivity index (χ4v) is 2.46. The molecule has 0 aliphatic carbocycles. The molecule has 0 amide bonds. The molecule has 1 aromatic rings. The van der Waals surface area contributed by atoms with Gasteiger partial charge in [-0.3, -0.25) is 0 Å². The number of nitrogens with zero attached hydrogens (tertiary/aromatic N) is 2. The molecule has 0 aromatic carbocycles. The van der Waals surface area contributed by atoms with E-state index in [2.05, 4.69) is 34.3 Å². The summed E-state index contributed by atoms with van der Waals surface area (Å²) in [6.07, 6.45) is 5.26. The molecule has 2 N–H and O–H groups in total. The van der Waals surface area contributed by atoms with Gasteiger partial charge in [-0.05, 0) is 43.4 Å². The zero-order chi connectivity index (χ0) is 13.5. The average Bonchev–Trinajstić information content (AvgIpc) is 2.48. The van der Waals surface area contributed by atoms with E-state index in [4.69, 9.17) is 5.11 Å². The first-order valence-electron chi connectivity index (χ1n) is 7.35. The van der Waals surface area contributed by atoms with Crippen molar-refractivity contribution in [2.24, 2.45) is 5.92 Å². The molecule has 4 nitrogen and oxygen atoms in total. The van der Waals surface area contributed by atoms with Crippen molar-refractivity contribution in [3.63, 3.8) is 0 Å². The SMILES string of the molecule is CCCNCc1ccc(N2CCC(CO)CC2)nc1. The van der Waals surface area contributed by atoms with Gasteiger partial charge < -0.3 is 15.3 Å². The Hall–Kier alpha value is -1.13. The highest BCUT2D eigenvalue weighted by atomic mass is 16.3. The first-order valence-corrected chi connectivity index (χ1v) is 7.35. The molecule has 0 spiro atoms. The minimum absolute atomic E-state index is 0.323. The summed E-state index contributed by atoms with van der Waals surface area (Å²) in [5.74, 6) is 1.55. The minimum atomic E-state index is 0.323.